The Morgan fingerprint density at radius 2 is 1.92 bits per heavy atom. The quantitative estimate of drug-likeness (QED) is 0.491. The summed E-state index contributed by atoms with van der Waals surface area (Å²) in [5.74, 6) is 6.82. The van der Waals surface area contributed by atoms with E-state index in [1.165, 1.54) is 0 Å². The van der Waals surface area contributed by atoms with Crippen LogP contribution in [0.1, 0.15) is 26.7 Å². The number of nitrogens with two attached hydrogens (primary N) is 1. The Kier molecular flexibility index (Phi) is 3.98. The Balaban J connectivity index is 2.40. The van der Waals surface area contributed by atoms with Crippen molar-refractivity contribution in [2.45, 2.75) is 32.7 Å². The lowest BCUT2D eigenvalue weighted by Gasteiger charge is -2.32. The first-order valence-electron chi connectivity index (χ1n) is 4.79. The van der Waals surface area contributed by atoms with Crippen LogP contribution in [0.25, 0.3) is 0 Å². The van der Waals surface area contributed by atoms with Crippen LogP contribution in [0.4, 0.5) is 0 Å². The normalized spacial score (nSPS) is 23.0. The highest BCUT2D eigenvalue weighted by atomic mass is 16.5. The minimum atomic E-state index is 0.453. The maximum Gasteiger partial charge on any atom is 0.0469 e. The van der Waals surface area contributed by atoms with Crippen LogP contribution in [-0.4, -0.2) is 19.3 Å². The second kappa shape index (κ2) is 4.80. The SMILES string of the molecule is CC(C)C(NN)C1CCOCC1. The summed E-state index contributed by atoms with van der Waals surface area (Å²) < 4.78 is 5.31. The van der Waals surface area contributed by atoms with Gasteiger partial charge in [-0.2, -0.15) is 0 Å². The molecule has 0 aromatic heterocycles. The molecule has 12 heavy (non-hydrogen) atoms. The van der Waals surface area contributed by atoms with E-state index >= 15 is 0 Å². The number of hydrazine groups is 1. The van der Waals surface area contributed by atoms with Gasteiger partial charge in [0.25, 0.3) is 0 Å². The molecule has 0 radical (unpaired) electrons. The molecule has 0 spiro atoms. The second-order valence-corrected chi connectivity index (χ2v) is 3.89. The van der Waals surface area contributed by atoms with Crippen molar-refractivity contribution in [3.63, 3.8) is 0 Å². The predicted octanol–water partition coefficient (Wildman–Crippen LogP) is 0.901. The van der Waals surface area contributed by atoms with Crippen molar-refractivity contribution < 1.29 is 4.74 Å². The molecule has 1 fully saturated rings. The van der Waals surface area contributed by atoms with Crippen molar-refractivity contribution >= 4 is 0 Å². The van der Waals surface area contributed by atoms with Gasteiger partial charge in [-0.3, -0.25) is 11.3 Å². The molecule has 1 unspecified atom stereocenters. The van der Waals surface area contributed by atoms with Gasteiger partial charge in [-0.25, -0.2) is 0 Å². The van der Waals surface area contributed by atoms with Gasteiger partial charge in [0, 0.05) is 19.3 Å². The number of nitrogens with one attached hydrogen (secondary N) is 1. The van der Waals surface area contributed by atoms with E-state index in [4.69, 9.17) is 10.6 Å². The summed E-state index contributed by atoms with van der Waals surface area (Å²) in [4.78, 5) is 0. The van der Waals surface area contributed by atoms with E-state index < -0.39 is 0 Å². The Bertz CT molecular complexity index is 122. The third-order valence-corrected chi connectivity index (χ3v) is 2.68. The standard InChI is InChI=1S/C9H20N2O/c1-7(2)9(11-10)8-3-5-12-6-4-8/h7-9,11H,3-6,10H2,1-2H3. The Morgan fingerprint density at radius 3 is 2.33 bits per heavy atom. The van der Waals surface area contributed by atoms with E-state index in [0.717, 1.165) is 26.1 Å². The molecule has 0 bridgehead atoms. The van der Waals surface area contributed by atoms with Crippen LogP contribution in [0.15, 0.2) is 0 Å². The summed E-state index contributed by atoms with van der Waals surface area (Å²) >= 11 is 0. The van der Waals surface area contributed by atoms with Crippen molar-refractivity contribution in [2.75, 3.05) is 13.2 Å². The molecule has 72 valence electrons. The third kappa shape index (κ3) is 2.44. The van der Waals surface area contributed by atoms with E-state index in [9.17, 15) is 0 Å². The number of hydrogen-bond acceptors (Lipinski definition) is 3. The summed E-state index contributed by atoms with van der Waals surface area (Å²) in [6, 6.07) is 0.453. The number of hydrogen-bond donors (Lipinski definition) is 2. The van der Waals surface area contributed by atoms with Crippen LogP contribution in [0, 0.1) is 11.8 Å². The molecule has 1 heterocycles. The largest absolute Gasteiger partial charge is 0.381 e. The predicted molar refractivity (Wildman–Crippen MR) is 49.5 cm³/mol. The fourth-order valence-electron chi connectivity index (χ4n) is 1.95. The van der Waals surface area contributed by atoms with E-state index in [2.05, 4.69) is 19.3 Å². The zero-order chi connectivity index (χ0) is 8.97. The van der Waals surface area contributed by atoms with Gasteiger partial charge in [0.1, 0.15) is 0 Å². The summed E-state index contributed by atoms with van der Waals surface area (Å²) in [6.45, 7) is 6.21. The third-order valence-electron chi connectivity index (χ3n) is 2.68. The number of rotatable bonds is 3. The molecular formula is C9H20N2O. The van der Waals surface area contributed by atoms with Gasteiger partial charge in [-0.15, -0.1) is 0 Å². The molecule has 0 aliphatic carbocycles. The average Bonchev–Trinajstić information content (AvgIpc) is 2.07. The first kappa shape index (κ1) is 9.96. The van der Waals surface area contributed by atoms with Gasteiger partial charge >= 0.3 is 0 Å². The molecule has 0 saturated carbocycles. The first-order chi connectivity index (χ1) is 5.75. The van der Waals surface area contributed by atoms with Crippen molar-refractivity contribution in [3.8, 4) is 0 Å². The highest BCUT2D eigenvalue weighted by Crippen LogP contribution is 2.22. The lowest BCUT2D eigenvalue weighted by Crippen LogP contribution is -2.46. The van der Waals surface area contributed by atoms with Gasteiger partial charge in [-0.05, 0) is 24.7 Å². The molecule has 1 atom stereocenters. The monoisotopic (exact) mass is 172 g/mol. The highest BCUT2D eigenvalue weighted by Gasteiger charge is 2.25. The zero-order valence-corrected chi connectivity index (χ0v) is 8.05. The van der Waals surface area contributed by atoms with E-state index in [0.29, 0.717) is 17.9 Å². The van der Waals surface area contributed by atoms with E-state index in [1.54, 1.807) is 0 Å². The topological polar surface area (TPSA) is 47.3 Å². The molecule has 3 N–H and O–H groups in total. The van der Waals surface area contributed by atoms with Crippen molar-refractivity contribution in [1.29, 1.82) is 0 Å². The zero-order valence-electron chi connectivity index (χ0n) is 8.05. The Labute approximate surface area is 74.6 Å². The molecule has 3 heteroatoms. The summed E-state index contributed by atoms with van der Waals surface area (Å²) in [5, 5.41) is 0. The van der Waals surface area contributed by atoms with Gasteiger partial charge < -0.3 is 4.74 Å². The van der Waals surface area contributed by atoms with Gasteiger partial charge in [0.2, 0.25) is 0 Å². The molecule has 0 amide bonds. The molecule has 1 aliphatic heterocycles. The van der Waals surface area contributed by atoms with Crippen LogP contribution >= 0.6 is 0 Å². The molecule has 3 nitrogen and oxygen atoms in total. The summed E-state index contributed by atoms with van der Waals surface area (Å²) in [7, 11) is 0. The Morgan fingerprint density at radius 1 is 1.33 bits per heavy atom. The molecule has 1 saturated heterocycles. The van der Waals surface area contributed by atoms with Gasteiger partial charge in [-0.1, -0.05) is 13.8 Å². The Hall–Kier alpha value is -0.120. The van der Waals surface area contributed by atoms with Crippen molar-refractivity contribution in [1.82, 2.24) is 5.43 Å². The smallest absolute Gasteiger partial charge is 0.0469 e. The number of ether oxygens (including phenoxy) is 1. The summed E-state index contributed by atoms with van der Waals surface area (Å²) in [5.41, 5.74) is 2.92. The van der Waals surface area contributed by atoms with Crippen LogP contribution in [0.3, 0.4) is 0 Å². The van der Waals surface area contributed by atoms with Crippen LogP contribution < -0.4 is 11.3 Å². The molecule has 0 aromatic rings. The maximum absolute atomic E-state index is 5.51. The van der Waals surface area contributed by atoms with Crippen LogP contribution in [0.2, 0.25) is 0 Å². The lowest BCUT2D eigenvalue weighted by atomic mass is 9.85. The summed E-state index contributed by atoms with van der Waals surface area (Å²) in [6.07, 6.45) is 2.29. The molecule has 1 aliphatic rings. The maximum atomic E-state index is 5.51. The molecular weight excluding hydrogens is 152 g/mol. The second-order valence-electron chi connectivity index (χ2n) is 3.89. The van der Waals surface area contributed by atoms with Gasteiger partial charge in [0.15, 0.2) is 0 Å². The fourth-order valence-corrected chi connectivity index (χ4v) is 1.95. The molecule has 1 rings (SSSR count). The van der Waals surface area contributed by atoms with E-state index in [-0.39, 0.29) is 0 Å². The van der Waals surface area contributed by atoms with E-state index in [1.807, 2.05) is 0 Å². The molecule has 0 aromatic carbocycles. The van der Waals surface area contributed by atoms with Crippen molar-refractivity contribution in [3.05, 3.63) is 0 Å². The first-order valence-corrected chi connectivity index (χ1v) is 4.79. The minimum absolute atomic E-state index is 0.453. The van der Waals surface area contributed by atoms with Crippen molar-refractivity contribution in [2.24, 2.45) is 17.7 Å². The van der Waals surface area contributed by atoms with Crippen LogP contribution in [0.5, 0.6) is 0 Å². The lowest BCUT2D eigenvalue weighted by molar-refractivity contribution is 0.0471. The highest BCUT2D eigenvalue weighted by molar-refractivity contribution is 4.78. The fraction of sp³-hybridized carbons (Fsp3) is 1.00. The minimum Gasteiger partial charge on any atom is -0.381 e. The van der Waals surface area contributed by atoms with Crippen LogP contribution in [-0.2, 0) is 4.74 Å². The van der Waals surface area contributed by atoms with Gasteiger partial charge in [0.05, 0.1) is 0 Å². The average molecular weight is 172 g/mol.